The van der Waals surface area contributed by atoms with Gasteiger partial charge in [0.1, 0.15) is 17.1 Å². The first-order valence-electron chi connectivity index (χ1n) is 11.8. The highest BCUT2D eigenvalue weighted by Gasteiger charge is 2.16. The topological polar surface area (TPSA) is 73.6 Å². The van der Waals surface area contributed by atoms with Crippen LogP contribution in [0.1, 0.15) is 26.3 Å². The molecule has 0 saturated heterocycles. The number of aromatic nitrogens is 1. The summed E-state index contributed by atoms with van der Waals surface area (Å²) in [7, 11) is 0. The number of fused-ring (bicyclic) bond motifs is 2. The standard InChI is InChI=1S/C29H26N2O4S/c1-4-33-20-12-10-19(11-13-20)23-17-35-26-16-25(34-5-2)21(15-22(23)26)18(3)14-28(32)31-29-30-24-8-6-7-9-27(24)36-29/h6-17H,4-5H2,1-3H3,(H,30,31,32)/b18-14+. The lowest BCUT2D eigenvalue weighted by Gasteiger charge is -2.12. The van der Waals surface area contributed by atoms with Crippen LogP contribution in [-0.4, -0.2) is 24.1 Å². The fraction of sp³-hybridized carbons (Fsp3) is 0.172. The molecule has 3 aromatic carbocycles. The van der Waals surface area contributed by atoms with Crippen LogP contribution in [0.2, 0.25) is 0 Å². The van der Waals surface area contributed by atoms with Crippen LogP contribution < -0.4 is 14.8 Å². The van der Waals surface area contributed by atoms with E-state index in [9.17, 15) is 4.79 Å². The van der Waals surface area contributed by atoms with Crippen molar-refractivity contribution < 1.29 is 18.7 Å². The van der Waals surface area contributed by atoms with Gasteiger partial charge in [-0.2, -0.15) is 0 Å². The molecule has 6 nitrogen and oxygen atoms in total. The molecular weight excluding hydrogens is 472 g/mol. The highest BCUT2D eigenvalue weighted by Crippen LogP contribution is 2.38. The minimum absolute atomic E-state index is 0.243. The molecule has 0 unspecified atom stereocenters. The number of hydrogen-bond donors (Lipinski definition) is 1. The van der Waals surface area contributed by atoms with Crippen LogP contribution in [0.25, 0.3) is 37.9 Å². The molecule has 1 N–H and O–H groups in total. The second kappa shape index (κ2) is 10.3. The second-order valence-corrected chi connectivity index (χ2v) is 9.22. The maximum absolute atomic E-state index is 12.8. The molecule has 0 saturated carbocycles. The third-order valence-corrected chi connectivity index (χ3v) is 6.70. The summed E-state index contributed by atoms with van der Waals surface area (Å²) in [6, 6.07) is 19.6. The lowest BCUT2D eigenvalue weighted by molar-refractivity contribution is -0.111. The van der Waals surface area contributed by atoms with Crippen LogP contribution in [0.15, 0.2) is 77.4 Å². The molecule has 0 aliphatic carbocycles. The van der Waals surface area contributed by atoms with Crippen molar-refractivity contribution in [3.05, 3.63) is 78.6 Å². The van der Waals surface area contributed by atoms with Crippen LogP contribution in [0.5, 0.6) is 11.5 Å². The van der Waals surface area contributed by atoms with E-state index in [-0.39, 0.29) is 5.91 Å². The van der Waals surface area contributed by atoms with Crippen molar-refractivity contribution >= 4 is 49.1 Å². The molecule has 0 radical (unpaired) electrons. The smallest absolute Gasteiger partial charge is 0.250 e. The minimum Gasteiger partial charge on any atom is -0.494 e. The summed E-state index contributed by atoms with van der Waals surface area (Å²) in [5, 5.41) is 4.40. The number of anilines is 1. The maximum Gasteiger partial charge on any atom is 0.250 e. The van der Waals surface area contributed by atoms with Gasteiger partial charge in [0.15, 0.2) is 5.13 Å². The van der Waals surface area contributed by atoms with Crippen molar-refractivity contribution in [1.82, 2.24) is 4.98 Å². The summed E-state index contributed by atoms with van der Waals surface area (Å²) >= 11 is 1.45. The number of para-hydroxylation sites is 1. The number of thiazole rings is 1. The molecule has 2 heterocycles. The zero-order valence-corrected chi connectivity index (χ0v) is 21.1. The Bertz CT molecular complexity index is 1530. The number of carbonyl (C=O) groups is 1. The molecule has 1 amide bonds. The number of allylic oxidation sites excluding steroid dienone is 1. The van der Waals surface area contributed by atoms with Gasteiger partial charge in [0.25, 0.3) is 0 Å². The molecule has 0 aliphatic heterocycles. The summed E-state index contributed by atoms with van der Waals surface area (Å²) in [4.78, 5) is 17.3. The SMILES string of the molecule is CCOc1ccc(-c2coc3cc(OCC)c(/C(C)=C/C(=O)Nc4nc5ccccc5s4)cc23)cc1. The monoisotopic (exact) mass is 498 g/mol. The fourth-order valence-electron chi connectivity index (χ4n) is 4.10. The Morgan fingerprint density at radius 3 is 2.58 bits per heavy atom. The molecule has 2 aromatic heterocycles. The van der Waals surface area contributed by atoms with Crippen LogP contribution in [-0.2, 0) is 4.79 Å². The number of ether oxygens (including phenoxy) is 2. The van der Waals surface area contributed by atoms with E-state index in [1.807, 2.05) is 81.4 Å². The predicted octanol–water partition coefficient (Wildman–Crippen LogP) is 7.55. The number of hydrogen-bond acceptors (Lipinski definition) is 6. The molecule has 0 aliphatic rings. The zero-order valence-electron chi connectivity index (χ0n) is 20.3. The Kier molecular flexibility index (Phi) is 6.73. The molecule has 7 heteroatoms. The van der Waals surface area contributed by atoms with E-state index in [1.165, 1.54) is 11.3 Å². The number of furan rings is 1. The number of nitrogens with zero attached hydrogens (tertiary/aromatic N) is 1. The van der Waals surface area contributed by atoms with Crippen LogP contribution in [0.3, 0.4) is 0 Å². The Hall–Kier alpha value is -4.10. The average molecular weight is 499 g/mol. The van der Waals surface area contributed by atoms with E-state index < -0.39 is 0 Å². The first kappa shape index (κ1) is 23.6. The average Bonchev–Trinajstić information content (AvgIpc) is 3.47. The lowest BCUT2D eigenvalue weighted by atomic mass is 9.99. The molecule has 0 spiro atoms. The number of benzene rings is 3. The van der Waals surface area contributed by atoms with Crippen molar-refractivity contribution in [3.63, 3.8) is 0 Å². The first-order valence-corrected chi connectivity index (χ1v) is 12.6. The molecule has 0 atom stereocenters. The largest absolute Gasteiger partial charge is 0.494 e. The van der Waals surface area contributed by atoms with Gasteiger partial charge in [-0.1, -0.05) is 35.6 Å². The van der Waals surface area contributed by atoms with Gasteiger partial charge >= 0.3 is 0 Å². The van der Waals surface area contributed by atoms with Crippen LogP contribution in [0.4, 0.5) is 5.13 Å². The third kappa shape index (κ3) is 4.83. The molecule has 0 fully saturated rings. The minimum atomic E-state index is -0.243. The van der Waals surface area contributed by atoms with Crippen molar-refractivity contribution in [1.29, 1.82) is 0 Å². The maximum atomic E-state index is 12.8. The number of amides is 1. The van der Waals surface area contributed by atoms with E-state index in [2.05, 4.69) is 10.3 Å². The summed E-state index contributed by atoms with van der Waals surface area (Å²) in [6.45, 7) is 6.91. The fourth-order valence-corrected chi connectivity index (χ4v) is 4.97. The van der Waals surface area contributed by atoms with Gasteiger partial charge in [-0.25, -0.2) is 4.98 Å². The number of nitrogens with one attached hydrogen (secondary N) is 1. The van der Waals surface area contributed by atoms with Gasteiger partial charge in [0.05, 0.1) is 29.7 Å². The number of carbonyl (C=O) groups excluding carboxylic acids is 1. The first-order chi connectivity index (χ1) is 17.6. The lowest BCUT2D eigenvalue weighted by Crippen LogP contribution is -2.08. The zero-order chi connectivity index (χ0) is 25.1. The van der Waals surface area contributed by atoms with Crippen LogP contribution >= 0.6 is 11.3 Å². The Morgan fingerprint density at radius 1 is 1.06 bits per heavy atom. The predicted molar refractivity (Wildman–Crippen MR) is 146 cm³/mol. The number of rotatable bonds is 8. The quantitative estimate of drug-likeness (QED) is 0.224. The van der Waals surface area contributed by atoms with E-state index >= 15 is 0 Å². The summed E-state index contributed by atoms with van der Waals surface area (Å²) in [5.74, 6) is 1.25. The van der Waals surface area contributed by atoms with E-state index in [4.69, 9.17) is 13.9 Å². The van der Waals surface area contributed by atoms with Crippen molar-refractivity contribution in [3.8, 4) is 22.6 Å². The third-order valence-electron chi connectivity index (χ3n) is 5.75. The second-order valence-electron chi connectivity index (χ2n) is 8.19. The molecule has 36 heavy (non-hydrogen) atoms. The molecular formula is C29H26N2O4S. The summed E-state index contributed by atoms with van der Waals surface area (Å²) in [5.41, 5.74) is 5.17. The molecule has 5 rings (SSSR count). The van der Waals surface area contributed by atoms with Crippen molar-refractivity contribution in [2.75, 3.05) is 18.5 Å². The highest BCUT2D eigenvalue weighted by molar-refractivity contribution is 7.22. The highest BCUT2D eigenvalue weighted by atomic mass is 32.1. The van der Waals surface area contributed by atoms with Gasteiger partial charge in [0, 0.05) is 28.7 Å². The Morgan fingerprint density at radius 2 is 1.83 bits per heavy atom. The van der Waals surface area contributed by atoms with Gasteiger partial charge in [-0.05, 0) is 62.2 Å². The van der Waals surface area contributed by atoms with Gasteiger partial charge in [0.2, 0.25) is 5.91 Å². The normalized spacial score (nSPS) is 11.7. The van der Waals surface area contributed by atoms with Crippen LogP contribution in [0, 0.1) is 0 Å². The van der Waals surface area contributed by atoms with Gasteiger partial charge < -0.3 is 13.9 Å². The van der Waals surface area contributed by atoms with E-state index in [0.29, 0.717) is 24.1 Å². The molecule has 0 bridgehead atoms. The molecule has 182 valence electrons. The molecule has 5 aromatic rings. The van der Waals surface area contributed by atoms with E-state index in [1.54, 1.807) is 12.3 Å². The Labute approximate surface area is 213 Å². The van der Waals surface area contributed by atoms with Gasteiger partial charge in [-0.15, -0.1) is 0 Å². The van der Waals surface area contributed by atoms with Crippen molar-refractivity contribution in [2.45, 2.75) is 20.8 Å². The van der Waals surface area contributed by atoms with Gasteiger partial charge in [-0.3, -0.25) is 10.1 Å². The summed E-state index contributed by atoms with van der Waals surface area (Å²) < 4.78 is 18.4. The van der Waals surface area contributed by atoms with E-state index in [0.717, 1.165) is 49.2 Å². The Balaban J connectivity index is 1.47. The van der Waals surface area contributed by atoms with Crippen molar-refractivity contribution in [2.24, 2.45) is 0 Å². The summed E-state index contributed by atoms with van der Waals surface area (Å²) in [6.07, 6.45) is 3.32.